The summed E-state index contributed by atoms with van der Waals surface area (Å²) in [5.74, 6) is 1.42. The number of nitrogens with zero attached hydrogens (tertiary/aromatic N) is 2. The first-order valence-corrected chi connectivity index (χ1v) is 8.58. The molecule has 116 valence electrons. The third kappa shape index (κ3) is 3.47. The van der Waals surface area contributed by atoms with Crippen LogP contribution in [0.5, 0.6) is 0 Å². The molecular formula is C16H24N2O2S. The van der Waals surface area contributed by atoms with Crippen molar-refractivity contribution in [2.24, 2.45) is 11.8 Å². The molecule has 3 rings (SSSR count). The second kappa shape index (κ2) is 6.46. The van der Waals surface area contributed by atoms with Crippen LogP contribution < -0.4 is 0 Å². The van der Waals surface area contributed by atoms with Crippen LogP contribution in [0.3, 0.4) is 0 Å². The Labute approximate surface area is 130 Å². The Hall–Kier alpha value is -0.910. The first kappa shape index (κ1) is 15.0. The number of hydrogen-bond donors (Lipinski definition) is 0. The lowest BCUT2D eigenvalue weighted by atomic mass is 9.84. The number of rotatable bonds is 4. The van der Waals surface area contributed by atoms with E-state index in [9.17, 15) is 4.79 Å². The quantitative estimate of drug-likeness (QED) is 0.849. The van der Waals surface area contributed by atoms with Crippen molar-refractivity contribution in [2.45, 2.75) is 18.9 Å². The second-order valence-corrected chi connectivity index (χ2v) is 7.47. The van der Waals surface area contributed by atoms with Gasteiger partial charge < -0.3 is 14.5 Å². The van der Waals surface area contributed by atoms with Crippen molar-refractivity contribution >= 4 is 17.2 Å². The molecule has 0 saturated carbocycles. The van der Waals surface area contributed by atoms with Crippen LogP contribution in [0.4, 0.5) is 0 Å². The van der Waals surface area contributed by atoms with Crippen molar-refractivity contribution in [1.82, 2.24) is 9.80 Å². The molecule has 0 spiro atoms. The smallest absolute Gasteiger partial charge is 0.227 e. The third-order valence-electron chi connectivity index (χ3n) is 4.60. The molecule has 0 unspecified atom stereocenters. The van der Waals surface area contributed by atoms with Crippen molar-refractivity contribution in [3.63, 3.8) is 0 Å². The largest absolute Gasteiger partial charge is 0.376 e. The number of fused-ring (bicyclic) bond motifs is 1. The average Bonchev–Trinajstić information content (AvgIpc) is 3.08. The topological polar surface area (TPSA) is 32.8 Å². The van der Waals surface area contributed by atoms with E-state index in [0.29, 0.717) is 24.4 Å². The molecule has 2 fully saturated rings. The molecule has 0 aromatic carbocycles. The van der Waals surface area contributed by atoms with Gasteiger partial charge in [-0.15, -0.1) is 11.3 Å². The van der Waals surface area contributed by atoms with Crippen molar-refractivity contribution < 1.29 is 9.53 Å². The molecule has 2 aliphatic rings. The van der Waals surface area contributed by atoms with Gasteiger partial charge in [-0.25, -0.2) is 0 Å². The molecule has 21 heavy (non-hydrogen) atoms. The number of hydrogen-bond acceptors (Lipinski definition) is 4. The van der Waals surface area contributed by atoms with Crippen LogP contribution >= 0.6 is 11.3 Å². The van der Waals surface area contributed by atoms with E-state index in [1.807, 2.05) is 22.4 Å². The van der Waals surface area contributed by atoms with Crippen LogP contribution in [-0.4, -0.2) is 62.1 Å². The highest BCUT2D eigenvalue weighted by molar-refractivity contribution is 7.10. The Kier molecular flexibility index (Phi) is 4.62. The first-order valence-electron chi connectivity index (χ1n) is 7.70. The number of likely N-dealkylation sites (tertiary alicyclic amines) is 1. The molecule has 0 bridgehead atoms. The van der Waals surface area contributed by atoms with E-state index in [0.717, 1.165) is 37.5 Å². The number of carbonyl (C=O) groups excluding carboxylic acids is 1. The van der Waals surface area contributed by atoms with E-state index < -0.39 is 0 Å². The molecule has 5 heteroatoms. The zero-order valence-electron chi connectivity index (χ0n) is 12.8. The molecule has 1 amide bonds. The zero-order valence-corrected chi connectivity index (χ0v) is 13.6. The highest BCUT2D eigenvalue weighted by Crippen LogP contribution is 2.34. The van der Waals surface area contributed by atoms with Crippen LogP contribution in [0.25, 0.3) is 0 Å². The minimum absolute atomic E-state index is 0.270. The van der Waals surface area contributed by atoms with Gasteiger partial charge in [-0.2, -0.15) is 0 Å². The second-order valence-electron chi connectivity index (χ2n) is 6.44. The molecule has 3 heterocycles. The van der Waals surface area contributed by atoms with Crippen molar-refractivity contribution in [3.8, 4) is 0 Å². The highest BCUT2D eigenvalue weighted by atomic mass is 32.1. The summed E-state index contributed by atoms with van der Waals surface area (Å²) in [6.45, 7) is 3.56. The Morgan fingerprint density at radius 1 is 1.52 bits per heavy atom. The number of thiophene rings is 1. The lowest BCUT2D eigenvalue weighted by Crippen LogP contribution is -2.46. The minimum atomic E-state index is 0.270. The number of piperidine rings is 1. The maximum absolute atomic E-state index is 12.4. The molecule has 0 N–H and O–H groups in total. The number of amides is 1. The molecule has 2 saturated heterocycles. The van der Waals surface area contributed by atoms with E-state index in [-0.39, 0.29) is 5.91 Å². The highest BCUT2D eigenvalue weighted by Gasteiger charge is 2.41. The summed E-state index contributed by atoms with van der Waals surface area (Å²) in [5, 5.41) is 2.03. The fourth-order valence-electron chi connectivity index (χ4n) is 3.54. The molecule has 0 aliphatic carbocycles. The van der Waals surface area contributed by atoms with E-state index in [1.54, 1.807) is 11.3 Å². The van der Waals surface area contributed by atoms with Crippen molar-refractivity contribution in [1.29, 1.82) is 0 Å². The zero-order chi connectivity index (χ0) is 14.8. The van der Waals surface area contributed by atoms with Crippen LogP contribution in [0.2, 0.25) is 0 Å². The summed E-state index contributed by atoms with van der Waals surface area (Å²) in [6.07, 6.45) is 1.98. The first-order chi connectivity index (χ1) is 10.1. The maximum Gasteiger partial charge on any atom is 0.227 e. The Morgan fingerprint density at radius 3 is 3.10 bits per heavy atom. The maximum atomic E-state index is 12.4. The Morgan fingerprint density at radius 2 is 2.38 bits per heavy atom. The summed E-state index contributed by atoms with van der Waals surface area (Å²) >= 11 is 1.66. The summed E-state index contributed by atoms with van der Waals surface area (Å²) in [6, 6.07) is 4.05. The predicted octanol–water partition coefficient (Wildman–Crippen LogP) is 1.72. The normalized spacial score (nSPS) is 28.9. The fourth-order valence-corrected chi connectivity index (χ4v) is 4.23. The fraction of sp³-hybridized carbons (Fsp3) is 0.688. The molecular weight excluding hydrogens is 284 g/mol. The number of likely N-dealkylation sites (N-methyl/N-ethyl adjacent to an activating group) is 1. The standard InChI is InChI=1S/C16H24N2O2S/c1-17(2)10-15-14-5-6-18(9-12(14)11-20-15)16(19)8-13-4-3-7-21-13/h3-4,7,12,14-15H,5-6,8-11H2,1-2H3/t12-,14-,15+/m1/s1. The van der Waals surface area contributed by atoms with E-state index >= 15 is 0 Å². The van der Waals surface area contributed by atoms with Crippen LogP contribution in [0, 0.1) is 11.8 Å². The van der Waals surface area contributed by atoms with Gasteiger partial charge in [0.25, 0.3) is 0 Å². The lowest BCUT2D eigenvalue weighted by molar-refractivity contribution is -0.132. The molecule has 0 radical (unpaired) electrons. The molecule has 4 nitrogen and oxygen atoms in total. The SMILES string of the molecule is CN(C)C[C@@H]1OC[C@H]2CN(C(=O)Cc3cccs3)CC[C@H]21. The Balaban J connectivity index is 1.55. The number of carbonyl (C=O) groups is 1. The van der Waals surface area contributed by atoms with Crippen molar-refractivity contribution in [2.75, 3.05) is 40.3 Å². The predicted molar refractivity (Wildman–Crippen MR) is 84.5 cm³/mol. The summed E-state index contributed by atoms with van der Waals surface area (Å²) < 4.78 is 5.97. The number of ether oxygens (including phenoxy) is 1. The van der Waals surface area contributed by atoms with E-state index in [1.165, 1.54) is 0 Å². The molecule has 2 aliphatic heterocycles. The molecule has 3 atom stereocenters. The summed E-state index contributed by atoms with van der Waals surface area (Å²) in [4.78, 5) is 17.8. The monoisotopic (exact) mass is 308 g/mol. The Bertz CT molecular complexity index is 475. The van der Waals surface area contributed by atoms with Gasteiger partial charge in [0.15, 0.2) is 0 Å². The summed E-state index contributed by atoms with van der Waals surface area (Å²) in [7, 11) is 4.19. The molecule has 1 aromatic rings. The lowest BCUT2D eigenvalue weighted by Gasteiger charge is -2.36. The molecule has 1 aromatic heterocycles. The van der Waals surface area contributed by atoms with E-state index in [2.05, 4.69) is 19.0 Å². The summed E-state index contributed by atoms with van der Waals surface area (Å²) in [5.41, 5.74) is 0. The van der Waals surface area contributed by atoms with Crippen molar-refractivity contribution in [3.05, 3.63) is 22.4 Å². The van der Waals surface area contributed by atoms with Gasteiger partial charge in [-0.05, 0) is 37.9 Å². The van der Waals surface area contributed by atoms with Gasteiger partial charge in [-0.1, -0.05) is 6.07 Å². The van der Waals surface area contributed by atoms with Gasteiger partial charge >= 0.3 is 0 Å². The minimum Gasteiger partial charge on any atom is -0.376 e. The van der Waals surface area contributed by atoms with Crippen LogP contribution in [-0.2, 0) is 16.0 Å². The van der Waals surface area contributed by atoms with Gasteiger partial charge in [-0.3, -0.25) is 4.79 Å². The van der Waals surface area contributed by atoms with Crippen LogP contribution in [0.15, 0.2) is 17.5 Å². The van der Waals surface area contributed by atoms with Gasteiger partial charge in [0.05, 0.1) is 19.1 Å². The van der Waals surface area contributed by atoms with Gasteiger partial charge in [0, 0.05) is 30.4 Å². The van der Waals surface area contributed by atoms with Gasteiger partial charge in [0.2, 0.25) is 5.91 Å². The van der Waals surface area contributed by atoms with Gasteiger partial charge in [0.1, 0.15) is 0 Å². The third-order valence-corrected chi connectivity index (χ3v) is 5.47. The average molecular weight is 308 g/mol. The van der Waals surface area contributed by atoms with Crippen LogP contribution in [0.1, 0.15) is 11.3 Å². The van der Waals surface area contributed by atoms with E-state index in [4.69, 9.17) is 4.74 Å².